The van der Waals surface area contributed by atoms with Crippen LogP contribution in [0.1, 0.15) is 37.6 Å². The van der Waals surface area contributed by atoms with Crippen molar-refractivity contribution in [1.29, 1.82) is 0 Å². The predicted octanol–water partition coefficient (Wildman–Crippen LogP) is 5.21. The van der Waals surface area contributed by atoms with Gasteiger partial charge in [-0.15, -0.1) is 0 Å². The van der Waals surface area contributed by atoms with E-state index in [0.717, 1.165) is 23.9 Å². The summed E-state index contributed by atoms with van der Waals surface area (Å²) in [5.74, 6) is -3.60. The summed E-state index contributed by atoms with van der Waals surface area (Å²) < 4.78 is 60.4. The molecule has 54 heavy (non-hydrogen) atoms. The summed E-state index contributed by atoms with van der Waals surface area (Å²) in [5.41, 5.74) is -0.578. The Kier molecular flexibility index (Phi) is 9.25. The van der Waals surface area contributed by atoms with E-state index >= 15 is 8.78 Å². The summed E-state index contributed by atoms with van der Waals surface area (Å²) in [7, 11) is 0.223. The molecule has 2 fully saturated rings. The van der Waals surface area contributed by atoms with Crippen LogP contribution in [0.3, 0.4) is 0 Å². The molecule has 1 unspecified atom stereocenters. The molecule has 2 aliphatic heterocycles. The van der Waals surface area contributed by atoms with E-state index in [2.05, 4.69) is 24.8 Å². The van der Waals surface area contributed by atoms with Crippen molar-refractivity contribution in [1.82, 2.24) is 24.4 Å². The van der Waals surface area contributed by atoms with Gasteiger partial charge in [0.25, 0.3) is 0 Å². The number of halogens is 2. The first-order chi connectivity index (χ1) is 25.3. The van der Waals surface area contributed by atoms with Crippen LogP contribution in [0.4, 0.5) is 25.0 Å². The zero-order chi connectivity index (χ0) is 39.0. The number of H-pyrrole nitrogens is 1. The van der Waals surface area contributed by atoms with Crippen molar-refractivity contribution in [3.05, 3.63) is 58.1 Å². The lowest BCUT2D eigenvalue weighted by Crippen LogP contribution is -2.35. The number of rotatable bonds is 8. The highest BCUT2D eigenvalue weighted by Gasteiger charge is 2.42. The van der Waals surface area contributed by atoms with E-state index < -0.39 is 54.9 Å². The summed E-state index contributed by atoms with van der Waals surface area (Å²) in [5, 5.41) is 9.76. The number of nitrogens with zero attached hydrogens (tertiary/aromatic N) is 6. The van der Waals surface area contributed by atoms with Gasteiger partial charge in [-0.25, -0.2) is 37.4 Å². The number of carboxylic acids is 1. The van der Waals surface area contributed by atoms with Gasteiger partial charge < -0.3 is 34.1 Å². The fourth-order valence-electron chi connectivity index (χ4n) is 7.52. The zero-order valence-corrected chi connectivity index (χ0v) is 31.1. The van der Waals surface area contributed by atoms with Crippen molar-refractivity contribution in [2.24, 2.45) is 13.0 Å². The highest BCUT2D eigenvalue weighted by atomic mass is 31.2. The molecule has 16 nitrogen and oxygen atoms in total. The maximum absolute atomic E-state index is 16.2. The Hall–Kier alpha value is -5.00. The molecule has 3 N–H and O–H groups in total. The first kappa shape index (κ1) is 37.3. The lowest BCUT2D eigenvalue weighted by Gasteiger charge is -2.29. The van der Waals surface area contributed by atoms with Gasteiger partial charge in [0.2, 0.25) is 12.2 Å². The SMILES string of the molecule is CN1C[C@H]2CCN(c3c(-c4cnc5c(c4)c(=O)c(C(=O)O)cn5C)cnc4[nH]c5c(N(C)C(=O)OCOP(=O)(O)OC(C)(C)C)cc(F)c(F)c5c34)[C@H]2C1. The van der Waals surface area contributed by atoms with E-state index in [9.17, 15) is 28.9 Å². The van der Waals surface area contributed by atoms with Crippen molar-refractivity contribution >= 4 is 64.2 Å². The fraction of sp³-hybridized carbons (Fsp3) is 0.400. The molecule has 0 saturated carbocycles. The second-order valence-electron chi connectivity index (χ2n) is 14.6. The van der Waals surface area contributed by atoms with Crippen molar-refractivity contribution in [3.8, 4) is 11.1 Å². The van der Waals surface area contributed by atoms with Gasteiger partial charge in [0.05, 0.1) is 38.7 Å². The van der Waals surface area contributed by atoms with E-state index in [1.165, 1.54) is 57.0 Å². The molecular weight excluding hydrogens is 731 g/mol. The van der Waals surface area contributed by atoms with Crippen LogP contribution in [0.25, 0.3) is 44.1 Å². The molecule has 0 radical (unpaired) electrons. The average molecular weight is 770 g/mol. The predicted molar refractivity (Wildman–Crippen MR) is 195 cm³/mol. The number of amides is 1. The first-order valence-electron chi connectivity index (χ1n) is 16.9. The van der Waals surface area contributed by atoms with E-state index in [1.807, 2.05) is 7.05 Å². The minimum atomic E-state index is -4.61. The number of phosphoric ester groups is 1. The topological polar surface area (TPSA) is 193 Å². The van der Waals surface area contributed by atoms with Crippen LogP contribution in [0.5, 0.6) is 0 Å². The summed E-state index contributed by atoms with van der Waals surface area (Å²) in [4.78, 5) is 65.7. The number of aromatic carboxylic acids is 1. The number of likely N-dealkylation sites (N-methyl/N-ethyl adjacent to an activating group) is 1. The number of anilines is 2. The Bertz CT molecular complexity index is 2480. The minimum Gasteiger partial charge on any atom is -0.477 e. The van der Waals surface area contributed by atoms with Gasteiger partial charge in [-0.2, -0.15) is 0 Å². The van der Waals surface area contributed by atoms with Crippen LogP contribution in [0.15, 0.2) is 35.5 Å². The molecule has 1 amide bonds. The smallest absolute Gasteiger partial charge is 0.475 e. The molecule has 2 aliphatic rings. The third-order valence-electron chi connectivity index (χ3n) is 9.74. The maximum atomic E-state index is 16.2. The molecule has 0 bridgehead atoms. The average Bonchev–Trinajstić information content (AvgIpc) is 3.78. The standard InChI is InChI=1S/C35H38F2N7O9P/c1-35(2,3)53-54(49,50)52-16-51-34(48)43(6)23-10-22(36)27(37)25-26-29(44-8-7-17-13-41(4)15-24(17)44)20(12-38-31(26)40-28(23)25)18-9-19-30(45)21(33(46)47)14-42(5)32(19)39-11-18/h9-12,14,17,24H,7-8,13,15-16H2,1-6H3,(H,38,40)(H,46,47)(H,49,50)/t17-,24+/m1/s1. The van der Waals surface area contributed by atoms with Gasteiger partial charge in [0.15, 0.2) is 11.6 Å². The van der Waals surface area contributed by atoms with Gasteiger partial charge in [0, 0.05) is 75.6 Å². The number of aromatic amines is 1. The Morgan fingerprint density at radius 2 is 1.87 bits per heavy atom. The van der Waals surface area contributed by atoms with Gasteiger partial charge >= 0.3 is 19.9 Å². The molecule has 6 heterocycles. The molecule has 2 saturated heterocycles. The second kappa shape index (κ2) is 13.4. The first-order valence-corrected chi connectivity index (χ1v) is 18.4. The number of carboxylic acid groups (broad SMARTS) is 1. The van der Waals surface area contributed by atoms with Gasteiger partial charge in [-0.05, 0) is 46.2 Å². The van der Waals surface area contributed by atoms with Gasteiger partial charge in [-0.3, -0.25) is 14.2 Å². The summed E-state index contributed by atoms with van der Waals surface area (Å²) in [6.45, 7) is 5.70. The largest absolute Gasteiger partial charge is 0.477 e. The van der Waals surface area contributed by atoms with E-state index in [-0.39, 0.29) is 50.6 Å². The number of benzene rings is 1. The van der Waals surface area contributed by atoms with Crippen molar-refractivity contribution < 1.29 is 46.7 Å². The molecule has 4 aromatic heterocycles. The molecule has 3 atom stereocenters. The van der Waals surface area contributed by atoms with Crippen LogP contribution in [-0.4, -0.2) is 98.6 Å². The molecule has 0 aliphatic carbocycles. The minimum absolute atomic E-state index is 0.00922. The van der Waals surface area contributed by atoms with Crippen molar-refractivity contribution in [2.75, 3.05) is 50.3 Å². The lowest BCUT2D eigenvalue weighted by atomic mass is 9.99. The number of hydrogen-bond donors (Lipinski definition) is 3. The molecule has 0 spiro atoms. The number of aromatic nitrogens is 4. The number of ether oxygens (including phenoxy) is 1. The van der Waals surface area contributed by atoms with Crippen LogP contribution < -0.4 is 15.2 Å². The summed E-state index contributed by atoms with van der Waals surface area (Å²) in [6.07, 6.45) is 3.95. The van der Waals surface area contributed by atoms with Crippen LogP contribution in [0, 0.1) is 17.6 Å². The number of carbonyl (C=O) groups excluding carboxylic acids is 1. The van der Waals surface area contributed by atoms with E-state index in [1.54, 1.807) is 7.05 Å². The number of likely N-dealkylation sites (tertiary alicyclic amines) is 1. The highest BCUT2D eigenvalue weighted by Crippen LogP contribution is 2.48. The van der Waals surface area contributed by atoms with Crippen molar-refractivity contribution in [3.63, 3.8) is 0 Å². The zero-order valence-electron chi connectivity index (χ0n) is 30.2. The quantitative estimate of drug-likeness (QED) is 0.138. The molecule has 5 aromatic rings. The number of fused-ring (bicyclic) bond motifs is 5. The monoisotopic (exact) mass is 769 g/mol. The normalized spacial score (nSPS) is 18.8. The fourth-order valence-corrected chi connectivity index (χ4v) is 8.46. The van der Waals surface area contributed by atoms with Crippen LogP contribution >= 0.6 is 7.82 Å². The highest BCUT2D eigenvalue weighted by molar-refractivity contribution is 7.47. The molecule has 1 aromatic carbocycles. The van der Waals surface area contributed by atoms with Crippen molar-refractivity contribution in [2.45, 2.75) is 38.8 Å². The lowest BCUT2D eigenvalue weighted by molar-refractivity contribution is 0.00917. The summed E-state index contributed by atoms with van der Waals surface area (Å²) >= 11 is 0. The molecule has 7 rings (SSSR count). The molecule has 19 heteroatoms. The number of carbonyl (C=O) groups is 2. The number of aryl methyl sites for hydroxylation is 1. The number of pyridine rings is 3. The van der Waals surface area contributed by atoms with Gasteiger partial charge in [0.1, 0.15) is 16.9 Å². The Labute approximate surface area is 306 Å². The number of hydrogen-bond acceptors (Lipinski definition) is 11. The van der Waals surface area contributed by atoms with E-state index in [0.29, 0.717) is 29.9 Å². The summed E-state index contributed by atoms with van der Waals surface area (Å²) in [6, 6.07) is 2.33. The third-order valence-corrected chi connectivity index (χ3v) is 10.9. The number of phosphoric acid groups is 1. The van der Waals surface area contributed by atoms with Crippen LogP contribution in [-0.2, 0) is 25.4 Å². The molecule has 286 valence electrons. The van der Waals surface area contributed by atoms with Crippen LogP contribution in [0.2, 0.25) is 0 Å². The maximum Gasteiger partial charge on any atom is 0.475 e. The third kappa shape index (κ3) is 6.57. The Morgan fingerprint density at radius 1 is 1.13 bits per heavy atom. The van der Waals surface area contributed by atoms with E-state index in [4.69, 9.17) is 13.8 Å². The Balaban J connectivity index is 1.39. The Morgan fingerprint density at radius 3 is 2.57 bits per heavy atom. The van der Waals surface area contributed by atoms with Gasteiger partial charge in [-0.1, -0.05) is 0 Å². The number of nitrogens with one attached hydrogen (secondary N) is 1. The second-order valence-corrected chi connectivity index (χ2v) is 16.0. The molecular formula is C35H38F2N7O9P.